The lowest BCUT2D eigenvalue weighted by molar-refractivity contribution is -0.117. The molecule has 0 spiro atoms. The summed E-state index contributed by atoms with van der Waals surface area (Å²) in [6.45, 7) is 0. The second-order valence-corrected chi connectivity index (χ2v) is 8.70. The molecule has 0 saturated carbocycles. The molecule has 0 fully saturated rings. The number of aromatic carboxylic acids is 1. The van der Waals surface area contributed by atoms with Crippen LogP contribution in [0.15, 0.2) is 58.8 Å². The smallest absolute Gasteiger partial charge is 0.346 e. The van der Waals surface area contributed by atoms with Crippen molar-refractivity contribution in [3.05, 3.63) is 80.5 Å². The van der Waals surface area contributed by atoms with E-state index in [-0.39, 0.29) is 27.6 Å². The van der Waals surface area contributed by atoms with E-state index in [1.54, 1.807) is 29.3 Å². The van der Waals surface area contributed by atoms with Gasteiger partial charge in [-0.05, 0) is 34.7 Å². The summed E-state index contributed by atoms with van der Waals surface area (Å²) in [4.78, 5) is 39.0. The first kappa shape index (κ1) is 19.7. The number of carbonyl (C=O) groups excluding carboxylic acids is 2. The summed E-state index contributed by atoms with van der Waals surface area (Å²) >= 11 is 8.82. The van der Waals surface area contributed by atoms with Crippen molar-refractivity contribution in [1.82, 2.24) is 0 Å². The molecule has 5 nitrogen and oxygen atoms in total. The number of hydrogen-bond donors (Lipinski definition) is 1. The van der Waals surface area contributed by atoms with Crippen molar-refractivity contribution >= 4 is 58.2 Å². The third-order valence-corrected chi connectivity index (χ3v) is 6.88. The number of halogens is 1. The Morgan fingerprint density at radius 3 is 2.66 bits per heavy atom. The van der Waals surface area contributed by atoms with Crippen LogP contribution in [0.3, 0.4) is 0 Å². The second kappa shape index (κ2) is 8.02. The summed E-state index contributed by atoms with van der Waals surface area (Å²) in [5.74, 6) is -1.54. The molecule has 3 aromatic rings. The third-order valence-electron chi connectivity index (χ3n) is 4.48. The molecular weight excluding hydrogens is 430 g/mol. The molecule has 8 heteroatoms. The van der Waals surface area contributed by atoms with Crippen LogP contribution in [0, 0.1) is 0 Å². The van der Waals surface area contributed by atoms with Gasteiger partial charge in [0.1, 0.15) is 4.88 Å². The largest absolute Gasteiger partial charge is 0.477 e. The van der Waals surface area contributed by atoms with Gasteiger partial charge in [0.15, 0.2) is 0 Å². The van der Waals surface area contributed by atoms with Crippen LogP contribution in [0.25, 0.3) is 0 Å². The van der Waals surface area contributed by atoms with E-state index in [4.69, 9.17) is 11.6 Å². The Kier molecular flexibility index (Phi) is 5.45. The lowest BCUT2D eigenvalue weighted by Crippen LogP contribution is -2.42. The fourth-order valence-electron chi connectivity index (χ4n) is 3.12. The van der Waals surface area contributed by atoms with Crippen molar-refractivity contribution in [1.29, 1.82) is 0 Å². The minimum atomic E-state index is -1.18. The molecule has 1 aliphatic rings. The number of benzene rings is 2. The van der Waals surface area contributed by atoms with Gasteiger partial charge in [0.2, 0.25) is 5.91 Å². The Morgan fingerprint density at radius 2 is 1.93 bits per heavy atom. The number of nitrogens with zero attached hydrogens (tertiary/aromatic N) is 1. The van der Waals surface area contributed by atoms with E-state index >= 15 is 0 Å². The summed E-state index contributed by atoms with van der Waals surface area (Å²) in [6.07, 6.45) is -0.0391. The van der Waals surface area contributed by atoms with Gasteiger partial charge in [0.25, 0.3) is 5.91 Å². The van der Waals surface area contributed by atoms with Gasteiger partial charge in [-0.1, -0.05) is 41.9 Å². The maximum Gasteiger partial charge on any atom is 0.346 e. The number of thioether (sulfide) groups is 1. The van der Waals surface area contributed by atoms with Crippen LogP contribution < -0.4 is 4.90 Å². The van der Waals surface area contributed by atoms with Crippen LogP contribution in [-0.4, -0.2) is 22.9 Å². The van der Waals surface area contributed by atoms with E-state index in [1.165, 1.54) is 0 Å². The van der Waals surface area contributed by atoms with E-state index in [0.717, 1.165) is 32.4 Å². The van der Waals surface area contributed by atoms with Crippen LogP contribution in [0.2, 0.25) is 5.02 Å². The molecule has 0 radical (unpaired) electrons. The molecule has 4 rings (SSSR count). The highest BCUT2D eigenvalue weighted by molar-refractivity contribution is 7.98. The second-order valence-electron chi connectivity index (χ2n) is 6.37. The van der Waals surface area contributed by atoms with Gasteiger partial charge < -0.3 is 5.11 Å². The number of rotatable bonds is 5. The molecule has 2 aromatic carbocycles. The average molecular weight is 444 g/mol. The van der Waals surface area contributed by atoms with Crippen LogP contribution in [0.4, 0.5) is 5.69 Å². The quantitative estimate of drug-likeness (QED) is 0.437. The SMILES string of the molecule is O=C(O)c1scc2c1C(=O)N(c1cc(SCc3ccccc3)ccc1Cl)C(=O)C2. The Morgan fingerprint density at radius 1 is 1.17 bits per heavy atom. The van der Waals surface area contributed by atoms with Crippen molar-refractivity contribution < 1.29 is 19.5 Å². The number of hydrogen-bond acceptors (Lipinski definition) is 5. The van der Waals surface area contributed by atoms with Crippen molar-refractivity contribution in [3.8, 4) is 0 Å². The van der Waals surface area contributed by atoms with E-state index in [2.05, 4.69) is 0 Å². The number of imide groups is 1. The Balaban J connectivity index is 1.66. The van der Waals surface area contributed by atoms with Crippen LogP contribution in [-0.2, 0) is 17.0 Å². The van der Waals surface area contributed by atoms with E-state index in [0.29, 0.717) is 5.56 Å². The molecule has 0 bridgehead atoms. The molecule has 1 N–H and O–H groups in total. The molecule has 2 amide bonds. The first-order valence-corrected chi connectivity index (χ1v) is 10.9. The number of carbonyl (C=O) groups is 3. The first-order valence-electron chi connectivity index (χ1n) is 8.63. The van der Waals surface area contributed by atoms with Crippen molar-refractivity contribution in [2.24, 2.45) is 0 Å². The highest BCUT2D eigenvalue weighted by Gasteiger charge is 2.37. The summed E-state index contributed by atoms with van der Waals surface area (Å²) < 4.78 is 0. The third kappa shape index (κ3) is 3.81. The minimum Gasteiger partial charge on any atom is -0.477 e. The zero-order chi connectivity index (χ0) is 20.5. The number of fused-ring (bicyclic) bond motifs is 1. The van der Waals surface area contributed by atoms with Crippen molar-refractivity contribution in [3.63, 3.8) is 0 Å². The predicted molar refractivity (Wildman–Crippen MR) is 114 cm³/mol. The molecule has 1 aliphatic heterocycles. The van der Waals surface area contributed by atoms with Gasteiger partial charge in [-0.3, -0.25) is 9.59 Å². The summed E-state index contributed by atoms with van der Waals surface area (Å²) in [5.41, 5.74) is 1.94. The van der Waals surface area contributed by atoms with Gasteiger partial charge in [-0.2, -0.15) is 0 Å². The maximum atomic E-state index is 13.0. The van der Waals surface area contributed by atoms with Gasteiger partial charge in [0, 0.05) is 10.6 Å². The molecule has 0 aliphatic carbocycles. The fourth-order valence-corrected chi connectivity index (χ4v) is 5.11. The standard InChI is InChI=1S/C21H14ClNO4S2/c22-15-7-6-14(28-10-12-4-2-1-3-5-12)9-16(15)23-17(24)8-13-11-29-19(21(26)27)18(13)20(23)25/h1-7,9,11H,8,10H2,(H,26,27). The molecule has 2 heterocycles. The minimum absolute atomic E-state index is 0.0391. The zero-order valence-electron chi connectivity index (χ0n) is 14.9. The highest BCUT2D eigenvalue weighted by atomic mass is 35.5. The topological polar surface area (TPSA) is 74.7 Å². The lowest BCUT2D eigenvalue weighted by Gasteiger charge is -2.26. The normalized spacial score (nSPS) is 13.5. The summed E-state index contributed by atoms with van der Waals surface area (Å²) in [5, 5.41) is 11.2. The molecule has 0 saturated heterocycles. The van der Waals surface area contributed by atoms with Gasteiger partial charge in [0.05, 0.1) is 22.7 Å². The van der Waals surface area contributed by atoms with Crippen molar-refractivity contribution in [2.75, 3.05) is 4.90 Å². The molecule has 146 valence electrons. The Labute approximate surface area is 179 Å². The van der Waals surface area contributed by atoms with Crippen LogP contribution in [0.5, 0.6) is 0 Å². The Bertz CT molecular complexity index is 1130. The highest BCUT2D eigenvalue weighted by Crippen LogP contribution is 2.37. The summed E-state index contributed by atoms with van der Waals surface area (Å²) in [6, 6.07) is 15.1. The predicted octanol–water partition coefficient (Wildman–Crippen LogP) is 5.12. The van der Waals surface area contributed by atoms with Gasteiger partial charge in [-0.25, -0.2) is 9.69 Å². The van der Waals surface area contributed by atoms with Crippen LogP contribution >= 0.6 is 34.7 Å². The average Bonchev–Trinajstić information content (AvgIpc) is 3.13. The lowest BCUT2D eigenvalue weighted by atomic mass is 10.0. The molecule has 29 heavy (non-hydrogen) atoms. The number of thiophene rings is 1. The Hall–Kier alpha value is -2.61. The molecule has 1 aromatic heterocycles. The molecule has 0 atom stereocenters. The number of carboxylic acid groups (broad SMARTS) is 1. The van der Waals surface area contributed by atoms with Gasteiger partial charge in [-0.15, -0.1) is 23.1 Å². The zero-order valence-corrected chi connectivity index (χ0v) is 17.3. The molecule has 0 unspecified atom stereocenters. The number of anilines is 1. The first-order chi connectivity index (χ1) is 14.0. The molecular formula is C21H14ClNO4S2. The van der Waals surface area contributed by atoms with Crippen LogP contribution in [0.1, 0.15) is 31.2 Å². The number of amides is 2. The van der Waals surface area contributed by atoms with E-state index in [9.17, 15) is 19.5 Å². The fraction of sp³-hybridized carbons (Fsp3) is 0.0952. The van der Waals surface area contributed by atoms with Crippen molar-refractivity contribution in [2.45, 2.75) is 17.1 Å². The maximum absolute atomic E-state index is 13.0. The summed E-state index contributed by atoms with van der Waals surface area (Å²) in [7, 11) is 0. The number of carboxylic acids is 1. The monoisotopic (exact) mass is 443 g/mol. The van der Waals surface area contributed by atoms with E-state index in [1.807, 2.05) is 36.4 Å². The van der Waals surface area contributed by atoms with E-state index < -0.39 is 17.8 Å². The van der Waals surface area contributed by atoms with Gasteiger partial charge >= 0.3 is 5.97 Å².